The van der Waals surface area contributed by atoms with E-state index in [0.29, 0.717) is 9.23 Å². The molecule has 0 radical (unpaired) electrons. The zero-order valence-corrected chi connectivity index (χ0v) is 20.6. The Bertz CT molecular complexity index is 931. The molecule has 0 N–H and O–H groups in total. The molecule has 8 heteroatoms. The van der Waals surface area contributed by atoms with Gasteiger partial charge < -0.3 is 4.74 Å². The van der Waals surface area contributed by atoms with Crippen LogP contribution in [0.15, 0.2) is 46.2 Å². The minimum absolute atomic E-state index is 0.103. The Labute approximate surface area is 193 Å². The molecule has 1 amide bonds. The molecular weight excluding hydrogens is 612 g/mol. The molecule has 26 heavy (non-hydrogen) atoms. The number of nitrogens with zero attached hydrogens (tertiary/aromatic N) is 1. The first kappa shape index (κ1) is 20.4. The molecule has 1 aliphatic rings. The van der Waals surface area contributed by atoms with Crippen molar-refractivity contribution in [1.82, 2.24) is 0 Å². The molecule has 0 unspecified atom stereocenters. The van der Waals surface area contributed by atoms with Gasteiger partial charge in [-0.3, -0.25) is 9.69 Å². The fourth-order valence-corrected chi connectivity index (χ4v) is 6.34. The molecule has 0 aliphatic carbocycles. The third kappa shape index (κ3) is 4.23. The van der Waals surface area contributed by atoms with Crippen LogP contribution in [0.2, 0.25) is 0 Å². The highest BCUT2D eigenvalue weighted by molar-refractivity contribution is 14.1. The van der Waals surface area contributed by atoms with Crippen LogP contribution in [0.5, 0.6) is 5.75 Å². The third-order valence-corrected chi connectivity index (χ3v) is 7.08. The normalized spacial score (nSPS) is 15.8. The van der Waals surface area contributed by atoms with Gasteiger partial charge in [-0.15, -0.1) is 11.8 Å². The van der Waals surface area contributed by atoms with Crippen LogP contribution in [-0.2, 0) is 4.79 Å². The van der Waals surface area contributed by atoms with Crippen LogP contribution in [0.1, 0.15) is 5.56 Å². The molecule has 1 aliphatic heterocycles. The second-order valence-electron chi connectivity index (χ2n) is 5.23. The van der Waals surface area contributed by atoms with Gasteiger partial charge in [0, 0.05) is 14.0 Å². The van der Waals surface area contributed by atoms with Crippen molar-refractivity contribution in [2.24, 2.45) is 0 Å². The van der Waals surface area contributed by atoms with Gasteiger partial charge in [-0.05, 0) is 87.8 Å². The Kier molecular flexibility index (Phi) is 6.92. The molecule has 0 saturated carbocycles. The summed E-state index contributed by atoms with van der Waals surface area (Å²) in [6.07, 6.45) is 3.87. The van der Waals surface area contributed by atoms with Gasteiger partial charge in [-0.1, -0.05) is 30.0 Å². The zero-order valence-electron chi connectivity index (χ0n) is 13.8. The van der Waals surface area contributed by atoms with E-state index in [-0.39, 0.29) is 5.91 Å². The van der Waals surface area contributed by atoms with E-state index in [0.717, 1.165) is 29.0 Å². The summed E-state index contributed by atoms with van der Waals surface area (Å²) in [5.41, 5.74) is 1.68. The molecule has 1 saturated heterocycles. The number of hydrogen-bond acceptors (Lipinski definition) is 5. The predicted molar refractivity (Wildman–Crippen MR) is 132 cm³/mol. The van der Waals surface area contributed by atoms with E-state index in [9.17, 15) is 4.79 Å². The number of benzene rings is 2. The molecule has 0 bridgehead atoms. The van der Waals surface area contributed by atoms with Crippen LogP contribution >= 0.6 is 80.9 Å². The average molecular weight is 625 g/mol. The van der Waals surface area contributed by atoms with Crippen LogP contribution in [0.4, 0.5) is 5.69 Å². The monoisotopic (exact) mass is 625 g/mol. The van der Waals surface area contributed by atoms with Gasteiger partial charge in [0.25, 0.3) is 5.91 Å². The topological polar surface area (TPSA) is 29.5 Å². The molecular formula is C18H13I2NO2S3. The molecule has 2 aromatic carbocycles. The van der Waals surface area contributed by atoms with Gasteiger partial charge in [0.05, 0.1) is 21.3 Å². The molecule has 2 aromatic rings. The van der Waals surface area contributed by atoms with Crippen molar-refractivity contribution in [2.75, 3.05) is 18.3 Å². The van der Waals surface area contributed by atoms with Crippen LogP contribution in [-0.4, -0.2) is 23.6 Å². The van der Waals surface area contributed by atoms with Crippen molar-refractivity contribution in [2.45, 2.75) is 4.90 Å². The van der Waals surface area contributed by atoms with E-state index in [1.165, 1.54) is 11.8 Å². The first-order valence-corrected chi connectivity index (χ1v) is 12.0. The second-order valence-corrected chi connectivity index (χ2v) is 10.2. The van der Waals surface area contributed by atoms with Gasteiger partial charge in [-0.25, -0.2) is 0 Å². The Morgan fingerprint density at radius 2 is 2.04 bits per heavy atom. The van der Waals surface area contributed by atoms with Crippen molar-refractivity contribution in [3.63, 3.8) is 0 Å². The van der Waals surface area contributed by atoms with Crippen molar-refractivity contribution < 1.29 is 9.53 Å². The van der Waals surface area contributed by atoms with Gasteiger partial charge in [0.1, 0.15) is 5.75 Å². The van der Waals surface area contributed by atoms with Crippen molar-refractivity contribution in [1.29, 1.82) is 0 Å². The number of anilines is 1. The van der Waals surface area contributed by atoms with Gasteiger partial charge in [0.15, 0.2) is 4.32 Å². The number of thiocarbonyl (C=S) groups is 1. The fourth-order valence-electron chi connectivity index (χ4n) is 2.48. The highest BCUT2D eigenvalue weighted by atomic mass is 127. The van der Waals surface area contributed by atoms with Gasteiger partial charge in [-0.2, -0.15) is 0 Å². The van der Waals surface area contributed by atoms with Crippen molar-refractivity contribution in [3.05, 3.63) is 54.0 Å². The lowest BCUT2D eigenvalue weighted by Crippen LogP contribution is -2.27. The number of methoxy groups -OCH3 is 1. The highest BCUT2D eigenvalue weighted by Gasteiger charge is 2.33. The Morgan fingerprint density at radius 3 is 2.73 bits per heavy atom. The number of thioether (sulfide) groups is 2. The molecule has 1 heterocycles. The fraction of sp³-hybridized carbons (Fsp3) is 0.111. The maximum atomic E-state index is 13.0. The quantitative estimate of drug-likeness (QED) is 0.179. The van der Waals surface area contributed by atoms with E-state index in [1.54, 1.807) is 23.8 Å². The van der Waals surface area contributed by atoms with Crippen LogP contribution < -0.4 is 9.64 Å². The lowest BCUT2D eigenvalue weighted by Gasteiger charge is -2.15. The second kappa shape index (κ2) is 8.80. The van der Waals surface area contributed by atoms with Gasteiger partial charge in [0.2, 0.25) is 0 Å². The summed E-state index contributed by atoms with van der Waals surface area (Å²) in [6, 6.07) is 11.9. The Morgan fingerprint density at radius 1 is 1.27 bits per heavy atom. The summed E-state index contributed by atoms with van der Waals surface area (Å²) in [6.45, 7) is 0. The summed E-state index contributed by atoms with van der Waals surface area (Å²) in [5, 5.41) is 0. The number of carbonyl (C=O) groups excluding carboxylic acids is 1. The summed E-state index contributed by atoms with van der Waals surface area (Å²) in [5.74, 6) is 0.662. The highest BCUT2D eigenvalue weighted by Crippen LogP contribution is 2.39. The number of ether oxygens (including phenoxy) is 1. The molecule has 134 valence electrons. The summed E-state index contributed by atoms with van der Waals surface area (Å²) >= 11 is 12.9. The average Bonchev–Trinajstić information content (AvgIpc) is 2.88. The lowest BCUT2D eigenvalue weighted by molar-refractivity contribution is -0.113. The van der Waals surface area contributed by atoms with E-state index >= 15 is 0 Å². The molecule has 0 atom stereocenters. The molecule has 0 spiro atoms. The van der Waals surface area contributed by atoms with Crippen LogP contribution in [0.3, 0.4) is 0 Å². The molecule has 3 rings (SSSR count). The summed E-state index contributed by atoms with van der Waals surface area (Å²) in [7, 11) is 1.64. The molecule has 0 aromatic heterocycles. The Balaban J connectivity index is 2.00. The van der Waals surface area contributed by atoms with Crippen molar-refractivity contribution >= 4 is 103 Å². The number of amides is 1. The van der Waals surface area contributed by atoms with Crippen molar-refractivity contribution in [3.8, 4) is 5.75 Å². The number of rotatable bonds is 4. The van der Waals surface area contributed by atoms with Crippen LogP contribution in [0, 0.1) is 7.14 Å². The minimum Gasteiger partial charge on any atom is -0.495 e. The van der Waals surface area contributed by atoms with E-state index in [1.807, 2.05) is 48.7 Å². The van der Waals surface area contributed by atoms with Crippen LogP contribution in [0.25, 0.3) is 6.08 Å². The number of hydrogen-bond donors (Lipinski definition) is 0. The SMILES string of the molecule is COc1c(I)cc(I)cc1/C=C1/SC(=S)N(c2cccc(SC)c2)C1=O. The molecule has 3 nitrogen and oxygen atoms in total. The Hall–Kier alpha value is -0.300. The first-order valence-electron chi connectivity index (χ1n) is 7.39. The molecule has 1 fully saturated rings. The smallest absolute Gasteiger partial charge is 0.270 e. The first-order chi connectivity index (χ1) is 12.4. The maximum Gasteiger partial charge on any atom is 0.270 e. The minimum atomic E-state index is -0.103. The van der Waals surface area contributed by atoms with E-state index in [2.05, 4.69) is 45.2 Å². The maximum absolute atomic E-state index is 13.0. The third-order valence-electron chi connectivity index (χ3n) is 3.63. The van der Waals surface area contributed by atoms with E-state index in [4.69, 9.17) is 17.0 Å². The number of halogens is 2. The summed E-state index contributed by atoms with van der Waals surface area (Å²) < 4.78 is 8.15. The number of carbonyl (C=O) groups is 1. The summed E-state index contributed by atoms with van der Waals surface area (Å²) in [4.78, 5) is 16.3. The lowest BCUT2D eigenvalue weighted by atomic mass is 10.2. The van der Waals surface area contributed by atoms with Gasteiger partial charge >= 0.3 is 0 Å². The largest absolute Gasteiger partial charge is 0.495 e. The van der Waals surface area contributed by atoms with E-state index < -0.39 is 0 Å². The zero-order chi connectivity index (χ0) is 18.8. The standard InChI is InChI=1S/C18H13I2NO2S3/c1-23-16-10(6-11(19)8-14(16)20)7-15-17(22)21(18(24)26-15)12-4-3-5-13(9-12)25-2/h3-9H,1-2H3/b15-7+. The predicted octanol–water partition coefficient (Wildman–Crippen LogP) is 6.03.